The number of oxime groups is 1. The fourth-order valence-corrected chi connectivity index (χ4v) is 2.77. The number of fused-ring (bicyclic) bond motifs is 1. The van der Waals surface area contributed by atoms with Gasteiger partial charge < -0.3 is 14.3 Å². The van der Waals surface area contributed by atoms with Gasteiger partial charge in [0.15, 0.2) is 0 Å². The van der Waals surface area contributed by atoms with Crippen LogP contribution < -0.4 is 9.47 Å². The summed E-state index contributed by atoms with van der Waals surface area (Å²) in [4.78, 5) is 4.86. The molecule has 0 heterocycles. The second kappa shape index (κ2) is 4.96. The second-order valence-corrected chi connectivity index (χ2v) is 4.46. The van der Waals surface area contributed by atoms with Gasteiger partial charge in [-0.05, 0) is 34.3 Å². The van der Waals surface area contributed by atoms with Gasteiger partial charge >= 0.3 is 0 Å². The summed E-state index contributed by atoms with van der Waals surface area (Å²) in [5.41, 5.74) is 3.10. The molecule has 0 spiro atoms. The second-order valence-electron chi connectivity index (χ2n) is 3.67. The normalized spacial score (nSPS) is 15.9. The lowest BCUT2D eigenvalue weighted by Gasteiger charge is -2.12. The molecular formula is C12H14BrNO3. The highest BCUT2D eigenvalue weighted by Gasteiger charge is 2.27. The zero-order valence-electron chi connectivity index (χ0n) is 10.0. The molecule has 0 saturated heterocycles. The summed E-state index contributed by atoms with van der Waals surface area (Å²) < 4.78 is 11.7. The number of benzene rings is 1. The third kappa shape index (κ3) is 1.99. The summed E-state index contributed by atoms with van der Waals surface area (Å²) in [6.45, 7) is 0. The molecule has 0 atom stereocenters. The standard InChI is InChI=1S/C12H14BrNO3/c1-15-9-6-10(16-2)12(13)7-4-5-8(11(7)9)14-17-3/h6H,4-5H2,1-3H3. The van der Waals surface area contributed by atoms with E-state index < -0.39 is 0 Å². The Morgan fingerprint density at radius 3 is 2.41 bits per heavy atom. The molecule has 0 aliphatic heterocycles. The molecule has 0 saturated carbocycles. The Labute approximate surface area is 109 Å². The molecule has 0 unspecified atom stereocenters. The lowest BCUT2D eigenvalue weighted by atomic mass is 10.1. The van der Waals surface area contributed by atoms with Crippen molar-refractivity contribution < 1.29 is 14.3 Å². The van der Waals surface area contributed by atoms with Crippen molar-refractivity contribution in [2.24, 2.45) is 5.16 Å². The predicted octanol–water partition coefficient (Wildman–Crippen LogP) is 2.76. The van der Waals surface area contributed by atoms with Gasteiger partial charge in [-0.1, -0.05) is 5.16 Å². The van der Waals surface area contributed by atoms with E-state index in [1.54, 1.807) is 21.3 Å². The summed E-state index contributed by atoms with van der Waals surface area (Å²) in [6, 6.07) is 1.86. The first kappa shape index (κ1) is 12.2. The van der Waals surface area contributed by atoms with Crippen LogP contribution in [0.25, 0.3) is 0 Å². The highest BCUT2D eigenvalue weighted by Crippen LogP contribution is 2.42. The van der Waals surface area contributed by atoms with Gasteiger partial charge in [0.25, 0.3) is 0 Å². The lowest BCUT2D eigenvalue weighted by Crippen LogP contribution is -2.01. The Morgan fingerprint density at radius 2 is 1.82 bits per heavy atom. The van der Waals surface area contributed by atoms with Crippen LogP contribution in [0.3, 0.4) is 0 Å². The van der Waals surface area contributed by atoms with Crippen molar-refractivity contribution in [2.75, 3.05) is 21.3 Å². The molecule has 2 rings (SSSR count). The number of methoxy groups -OCH3 is 2. The van der Waals surface area contributed by atoms with Gasteiger partial charge in [-0.25, -0.2) is 0 Å². The van der Waals surface area contributed by atoms with E-state index in [9.17, 15) is 0 Å². The molecule has 0 fully saturated rings. The van der Waals surface area contributed by atoms with Gasteiger partial charge in [0.1, 0.15) is 18.6 Å². The van der Waals surface area contributed by atoms with Crippen LogP contribution in [-0.4, -0.2) is 27.0 Å². The maximum absolute atomic E-state index is 5.39. The van der Waals surface area contributed by atoms with E-state index in [-0.39, 0.29) is 0 Å². The van der Waals surface area contributed by atoms with Gasteiger partial charge in [-0.3, -0.25) is 0 Å². The average molecular weight is 300 g/mol. The minimum atomic E-state index is 0.772. The fourth-order valence-electron chi connectivity index (χ4n) is 2.09. The minimum absolute atomic E-state index is 0.772. The summed E-state index contributed by atoms with van der Waals surface area (Å²) in [5.74, 6) is 1.55. The first-order valence-corrected chi connectivity index (χ1v) is 6.06. The Kier molecular flexibility index (Phi) is 3.57. The third-order valence-electron chi connectivity index (χ3n) is 2.83. The summed E-state index contributed by atoms with van der Waals surface area (Å²) in [7, 11) is 4.84. The molecule has 92 valence electrons. The van der Waals surface area contributed by atoms with Crippen molar-refractivity contribution in [1.29, 1.82) is 0 Å². The van der Waals surface area contributed by atoms with Crippen molar-refractivity contribution in [3.8, 4) is 11.5 Å². The van der Waals surface area contributed by atoms with E-state index in [4.69, 9.17) is 14.3 Å². The zero-order chi connectivity index (χ0) is 12.4. The Balaban J connectivity index is 2.63. The molecule has 17 heavy (non-hydrogen) atoms. The van der Waals surface area contributed by atoms with Crippen LogP contribution in [0.15, 0.2) is 15.7 Å². The fraction of sp³-hybridized carbons (Fsp3) is 0.417. The highest BCUT2D eigenvalue weighted by atomic mass is 79.9. The number of ether oxygens (including phenoxy) is 2. The van der Waals surface area contributed by atoms with E-state index in [1.807, 2.05) is 6.07 Å². The number of halogens is 1. The molecular weight excluding hydrogens is 286 g/mol. The van der Waals surface area contributed by atoms with E-state index in [2.05, 4.69) is 21.1 Å². The molecule has 1 aliphatic rings. The summed E-state index contributed by atoms with van der Waals surface area (Å²) >= 11 is 3.56. The molecule has 1 aromatic carbocycles. The van der Waals surface area contributed by atoms with Crippen LogP contribution in [0, 0.1) is 0 Å². The van der Waals surface area contributed by atoms with Gasteiger partial charge in [0.2, 0.25) is 0 Å². The lowest BCUT2D eigenvalue weighted by molar-refractivity contribution is 0.213. The molecule has 1 aromatic rings. The van der Waals surface area contributed by atoms with Crippen molar-refractivity contribution in [2.45, 2.75) is 12.8 Å². The summed E-state index contributed by atoms with van der Waals surface area (Å²) in [5, 5.41) is 4.05. The molecule has 0 radical (unpaired) electrons. The third-order valence-corrected chi connectivity index (χ3v) is 3.70. The smallest absolute Gasteiger partial charge is 0.137 e. The highest BCUT2D eigenvalue weighted by molar-refractivity contribution is 9.10. The van der Waals surface area contributed by atoms with Crippen LogP contribution in [0.2, 0.25) is 0 Å². The van der Waals surface area contributed by atoms with Crippen molar-refractivity contribution in [3.63, 3.8) is 0 Å². The average Bonchev–Trinajstić information content (AvgIpc) is 2.75. The SMILES string of the molecule is CON=C1CCc2c(Br)c(OC)cc(OC)c21. The number of rotatable bonds is 3. The maximum Gasteiger partial charge on any atom is 0.137 e. The predicted molar refractivity (Wildman–Crippen MR) is 69.1 cm³/mol. The largest absolute Gasteiger partial charge is 0.496 e. The van der Waals surface area contributed by atoms with Crippen LogP contribution >= 0.6 is 15.9 Å². The minimum Gasteiger partial charge on any atom is -0.496 e. The first-order valence-electron chi connectivity index (χ1n) is 5.26. The van der Waals surface area contributed by atoms with Gasteiger partial charge in [-0.2, -0.15) is 0 Å². The van der Waals surface area contributed by atoms with Crippen LogP contribution in [0.5, 0.6) is 11.5 Å². The van der Waals surface area contributed by atoms with E-state index >= 15 is 0 Å². The van der Waals surface area contributed by atoms with E-state index in [0.717, 1.165) is 45.7 Å². The number of hydrogen-bond acceptors (Lipinski definition) is 4. The van der Waals surface area contributed by atoms with Crippen LogP contribution in [0.4, 0.5) is 0 Å². The van der Waals surface area contributed by atoms with E-state index in [1.165, 1.54) is 0 Å². The van der Waals surface area contributed by atoms with Crippen LogP contribution in [0.1, 0.15) is 17.5 Å². The molecule has 0 bridgehead atoms. The first-order chi connectivity index (χ1) is 8.22. The monoisotopic (exact) mass is 299 g/mol. The summed E-state index contributed by atoms with van der Waals surface area (Å²) in [6.07, 6.45) is 1.76. The van der Waals surface area contributed by atoms with Crippen molar-refractivity contribution in [3.05, 3.63) is 21.7 Å². The Hall–Kier alpha value is -1.23. The zero-order valence-corrected chi connectivity index (χ0v) is 11.6. The van der Waals surface area contributed by atoms with Crippen molar-refractivity contribution >= 4 is 21.6 Å². The molecule has 4 nitrogen and oxygen atoms in total. The molecule has 0 N–H and O–H groups in total. The Bertz CT molecular complexity index is 471. The quantitative estimate of drug-likeness (QED) is 0.806. The maximum atomic E-state index is 5.39. The Morgan fingerprint density at radius 1 is 1.12 bits per heavy atom. The molecule has 0 aromatic heterocycles. The number of nitrogens with zero attached hydrogens (tertiary/aromatic N) is 1. The number of hydrogen-bond donors (Lipinski definition) is 0. The molecule has 0 amide bonds. The van der Waals surface area contributed by atoms with Gasteiger partial charge in [0, 0.05) is 11.6 Å². The van der Waals surface area contributed by atoms with Gasteiger partial charge in [-0.15, -0.1) is 0 Å². The topological polar surface area (TPSA) is 40.0 Å². The van der Waals surface area contributed by atoms with Crippen molar-refractivity contribution in [1.82, 2.24) is 0 Å². The molecule has 5 heteroatoms. The van der Waals surface area contributed by atoms with Crippen LogP contribution in [-0.2, 0) is 11.3 Å². The molecule has 1 aliphatic carbocycles. The van der Waals surface area contributed by atoms with E-state index in [0.29, 0.717) is 0 Å². The van der Waals surface area contributed by atoms with Gasteiger partial charge in [0.05, 0.1) is 24.4 Å².